The molecule has 0 bridgehead atoms. The molecule has 0 atom stereocenters. The second-order valence-corrected chi connectivity index (χ2v) is 10.8. The van der Waals surface area contributed by atoms with Gasteiger partial charge in [-0.15, -0.1) is 0 Å². The van der Waals surface area contributed by atoms with E-state index < -0.39 is 0 Å². The van der Waals surface area contributed by atoms with E-state index in [0.29, 0.717) is 16.5 Å². The van der Waals surface area contributed by atoms with E-state index in [1.54, 1.807) is 0 Å². The number of anilines is 1. The summed E-state index contributed by atoms with van der Waals surface area (Å²) in [6.07, 6.45) is 5.35. The lowest BCUT2D eigenvalue weighted by Crippen LogP contribution is -2.74. The maximum absolute atomic E-state index is 13.5. The Morgan fingerprint density at radius 2 is 1.78 bits per heavy atom. The van der Waals surface area contributed by atoms with Crippen molar-refractivity contribution in [2.75, 3.05) is 90.7 Å². The number of rotatable bonds is 8. The predicted molar refractivity (Wildman–Crippen MR) is 139 cm³/mol. The fourth-order valence-corrected chi connectivity index (χ4v) is 5.83. The van der Waals surface area contributed by atoms with Crippen molar-refractivity contribution in [3.63, 3.8) is 0 Å². The number of quaternary nitrogens is 1. The van der Waals surface area contributed by atoms with Gasteiger partial charge in [0, 0.05) is 70.0 Å². The fraction of sp³-hybridized carbons (Fsp3) is 0.731. The molecule has 0 saturated carbocycles. The first-order chi connectivity index (χ1) is 17.6. The average Bonchev–Trinajstić information content (AvgIpc) is 2.91. The van der Waals surface area contributed by atoms with Gasteiger partial charge >= 0.3 is 0 Å². The van der Waals surface area contributed by atoms with Gasteiger partial charge < -0.3 is 30.0 Å². The van der Waals surface area contributed by atoms with Gasteiger partial charge in [-0.05, 0) is 31.7 Å². The first kappa shape index (κ1) is 25.5. The summed E-state index contributed by atoms with van der Waals surface area (Å²) < 4.78 is 10.9. The van der Waals surface area contributed by atoms with Gasteiger partial charge in [0.05, 0.1) is 44.6 Å². The molecule has 1 aromatic rings. The first-order valence-corrected chi connectivity index (χ1v) is 13.6. The van der Waals surface area contributed by atoms with Crippen molar-refractivity contribution in [1.82, 2.24) is 20.1 Å². The number of likely N-dealkylation sites (tertiary alicyclic amines) is 1. The van der Waals surface area contributed by atoms with Gasteiger partial charge in [-0.2, -0.15) is 4.98 Å². The van der Waals surface area contributed by atoms with Crippen molar-refractivity contribution in [2.24, 2.45) is 5.41 Å². The Balaban J connectivity index is 1.20. The van der Waals surface area contributed by atoms with Gasteiger partial charge in [-0.25, -0.2) is 0 Å². The SMILES string of the molecule is C[NH2+]c1nc(N2CCC3(CC2)COC3)c(C(=O)NC2CCN(CCN3CCOCC3)CC2)cc1C=N. The first-order valence-electron chi connectivity index (χ1n) is 13.6. The maximum Gasteiger partial charge on any atom is 0.255 e. The van der Waals surface area contributed by atoms with Crippen LogP contribution >= 0.6 is 0 Å². The van der Waals surface area contributed by atoms with E-state index in [-0.39, 0.29) is 11.9 Å². The van der Waals surface area contributed by atoms with Crippen LogP contribution in [-0.2, 0) is 9.47 Å². The number of piperidine rings is 2. The van der Waals surface area contributed by atoms with Crippen molar-refractivity contribution >= 4 is 23.8 Å². The van der Waals surface area contributed by atoms with Crippen molar-refractivity contribution in [3.8, 4) is 0 Å². The topological polar surface area (TPSA) is 111 Å². The lowest BCUT2D eigenvalue weighted by molar-refractivity contribution is -0.543. The number of hydrogen-bond acceptors (Lipinski definition) is 8. The number of nitrogens with one attached hydrogen (secondary N) is 2. The highest BCUT2D eigenvalue weighted by Gasteiger charge is 2.42. The van der Waals surface area contributed by atoms with Crippen LogP contribution in [0.1, 0.15) is 41.6 Å². The Morgan fingerprint density at radius 1 is 1.11 bits per heavy atom. The second-order valence-electron chi connectivity index (χ2n) is 10.8. The molecule has 5 rings (SSSR count). The van der Waals surface area contributed by atoms with Gasteiger partial charge in [-0.1, -0.05) is 0 Å². The van der Waals surface area contributed by atoms with E-state index in [4.69, 9.17) is 19.9 Å². The minimum absolute atomic E-state index is 0.0673. The number of pyridine rings is 1. The molecule has 10 heteroatoms. The number of nitrogens with two attached hydrogens (primary N) is 1. The molecule has 198 valence electrons. The number of amides is 1. The van der Waals surface area contributed by atoms with Crippen LogP contribution in [-0.4, -0.2) is 119 Å². The zero-order valence-electron chi connectivity index (χ0n) is 21.6. The quantitative estimate of drug-likeness (QED) is 0.433. The molecule has 4 saturated heterocycles. The lowest BCUT2D eigenvalue weighted by atomic mass is 9.77. The van der Waals surface area contributed by atoms with Crippen LogP contribution in [0.25, 0.3) is 0 Å². The molecule has 1 amide bonds. The van der Waals surface area contributed by atoms with Crippen molar-refractivity contribution in [2.45, 2.75) is 31.7 Å². The van der Waals surface area contributed by atoms with Gasteiger partial charge in [0.15, 0.2) is 0 Å². The van der Waals surface area contributed by atoms with Gasteiger partial charge in [-0.3, -0.25) is 15.0 Å². The van der Waals surface area contributed by atoms with Crippen LogP contribution in [0.5, 0.6) is 0 Å². The van der Waals surface area contributed by atoms with E-state index in [9.17, 15) is 4.79 Å². The molecule has 0 aromatic carbocycles. The molecule has 10 nitrogen and oxygen atoms in total. The molecular formula is C26H42N7O3+. The Morgan fingerprint density at radius 3 is 2.36 bits per heavy atom. The summed E-state index contributed by atoms with van der Waals surface area (Å²) in [5, 5.41) is 13.1. The van der Waals surface area contributed by atoms with Crippen molar-refractivity contribution < 1.29 is 19.6 Å². The molecule has 4 N–H and O–H groups in total. The minimum atomic E-state index is -0.0673. The summed E-state index contributed by atoms with van der Waals surface area (Å²) in [4.78, 5) is 25.7. The monoisotopic (exact) mass is 500 g/mol. The second kappa shape index (κ2) is 11.5. The van der Waals surface area contributed by atoms with E-state index in [1.165, 1.54) is 6.21 Å². The van der Waals surface area contributed by atoms with Crippen LogP contribution in [0, 0.1) is 10.8 Å². The third-order valence-corrected chi connectivity index (χ3v) is 8.44. The molecule has 1 aromatic heterocycles. The predicted octanol–water partition coefficient (Wildman–Crippen LogP) is 0.0472. The molecule has 5 heterocycles. The number of carbonyl (C=O) groups is 1. The largest absolute Gasteiger partial charge is 0.380 e. The molecule has 0 radical (unpaired) electrons. The Kier molecular flexibility index (Phi) is 8.17. The molecule has 4 aliphatic heterocycles. The molecule has 0 aliphatic carbocycles. The highest BCUT2D eigenvalue weighted by molar-refractivity contribution is 6.01. The molecule has 4 fully saturated rings. The van der Waals surface area contributed by atoms with Crippen LogP contribution < -0.4 is 15.5 Å². The van der Waals surface area contributed by atoms with Gasteiger partial charge in [0.25, 0.3) is 5.91 Å². The summed E-state index contributed by atoms with van der Waals surface area (Å²) in [5.41, 5.74) is 1.60. The van der Waals surface area contributed by atoms with Crippen LogP contribution in [0.3, 0.4) is 0 Å². The normalized spacial score (nSPS) is 23.4. The zero-order valence-corrected chi connectivity index (χ0v) is 21.6. The summed E-state index contributed by atoms with van der Waals surface area (Å²) in [5.74, 6) is 1.45. The van der Waals surface area contributed by atoms with Gasteiger partial charge in [0.2, 0.25) is 5.82 Å². The molecule has 1 spiro atoms. The van der Waals surface area contributed by atoms with E-state index in [1.807, 2.05) is 18.4 Å². The van der Waals surface area contributed by atoms with E-state index >= 15 is 0 Å². The van der Waals surface area contributed by atoms with Crippen molar-refractivity contribution in [1.29, 1.82) is 5.41 Å². The Bertz CT molecular complexity index is 914. The number of aromatic nitrogens is 1. The standard InChI is InChI=1S/C26H41N7O3/c1-28-23-20(17-27)16-22(24(30-23)33-8-4-26(5-9-33)18-36-19-26)25(34)29-21-2-6-31(7-3-21)10-11-32-12-14-35-15-13-32/h16-17,21,27H,2-15,18-19H2,1H3,(H,28,30)(H,29,34)/p+1. The highest BCUT2D eigenvalue weighted by atomic mass is 16.5. The summed E-state index contributed by atoms with van der Waals surface area (Å²) in [6.45, 7) is 11.4. The summed E-state index contributed by atoms with van der Waals surface area (Å²) >= 11 is 0. The zero-order chi connectivity index (χ0) is 25.0. The smallest absolute Gasteiger partial charge is 0.255 e. The molecule has 0 unspecified atom stereocenters. The number of ether oxygens (including phenoxy) is 2. The van der Waals surface area contributed by atoms with Crippen LogP contribution in [0.4, 0.5) is 11.6 Å². The average molecular weight is 501 g/mol. The summed E-state index contributed by atoms with van der Waals surface area (Å²) in [6, 6.07) is 2.02. The van der Waals surface area contributed by atoms with E-state index in [0.717, 1.165) is 116 Å². The van der Waals surface area contributed by atoms with E-state index in [2.05, 4.69) is 20.0 Å². The molecular weight excluding hydrogens is 458 g/mol. The highest BCUT2D eigenvalue weighted by Crippen LogP contribution is 2.40. The third kappa shape index (κ3) is 5.73. The Labute approximate surface area is 214 Å². The van der Waals surface area contributed by atoms with Gasteiger partial charge in [0.1, 0.15) is 5.82 Å². The Hall–Kier alpha value is -2.11. The number of nitrogens with zero attached hydrogens (tertiary/aromatic N) is 4. The minimum Gasteiger partial charge on any atom is -0.380 e. The number of morpholine rings is 1. The van der Waals surface area contributed by atoms with Crippen LogP contribution in [0.2, 0.25) is 0 Å². The molecule has 36 heavy (non-hydrogen) atoms. The molecule has 4 aliphatic rings. The fourth-order valence-electron chi connectivity index (χ4n) is 5.83. The maximum atomic E-state index is 13.5. The summed E-state index contributed by atoms with van der Waals surface area (Å²) in [7, 11) is 1.93. The third-order valence-electron chi connectivity index (χ3n) is 8.44. The van der Waals surface area contributed by atoms with Crippen molar-refractivity contribution in [3.05, 3.63) is 17.2 Å². The van der Waals surface area contributed by atoms with Crippen LogP contribution in [0.15, 0.2) is 6.07 Å². The number of carbonyl (C=O) groups excluding carboxylic acids is 1. The lowest BCUT2D eigenvalue weighted by Gasteiger charge is -2.47. The number of hydrogen-bond donors (Lipinski definition) is 3.